The molecule has 24 heavy (non-hydrogen) atoms. The molecule has 0 heterocycles. The summed E-state index contributed by atoms with van der Waals surface area (Å²) in [5.74, 6) is 1.23. The molecule has 1 aliphatic rings. The molecule has 0 aliphatic heterocycles. The van der Waals surface area contributed by atoms with Gasteiger partial charge in [-0.15, -0.1) is 0 Å². The quantitative estimate of drug-likeness (QED) is 0.886. The first-order valence-corrected chi connectivity index (χ1v) is 8.18. The molecule has 0 spiro atoms. The van der Waals surface area contributed by atoms with E-state index in [9.17, 15) is 4.79 Å². The molecule has 0 unspecified atom stereocenters. The van der Waals surface area contributed by atoms with E-state index in [4.69, 9.17) is 10.00 Å². The molecular weight excluding hydrogens is 300 g/mol. The maximum atomic E-state index is 11.8. The van der Waals surface area contributed by atoms with Crippen molar-refractivity contribution in [3.05, 3.63) is 54.1 Å². The van der Waals surface area contributed by atoms with E-state index in [1.165, 1.54) is 12.8 Å². The summed E-state index contributed by atoms with van der Waals surface area (Å²) in [4.78, 5) is 11.8. The molecule has 0 radical (unpaired) electrons. The Bertz CT molecular complexity index is 741. The van der Waals surface area contributed by atoms with Crippen molar-refractivity contribution in [1.29, 1.82) is 5.26 Å². The van der Waals surface area contributed by atoms with Gasteiger partial charge in [-0.05, 0) is 61.1 Å². The molecule has 2 aromatic carbocycles. The summed E-state index contributed by atoms with van der Waals surface area (Å²) in [6, 6.07) is 17.4. The molecule has 1 atom stereocenters. The predicted molar refractivity (Wildman–Crippen MR) is 92.4 cm³/mol. The second-order valence-electron chi connectivity index (χ2n) is 6.20. The molecule has 3 rings (SSSR count). The van der Waals surface area contributed by atoms with Gasteiger partial charge < -0.3 is 10.1 Å². The van der Waals surface area contributed by atoms with E-state index < -0.39 is 0 Å². The molecule has 1 N–H and O–H groups in total. The van der Waals surface area contributed by atoms with Crippen LogP contribution in [0.3, 0.4) is 0 Å². The average molecular weight is 320 g/mol. The van der Waals surface area contributed by atoms with Crippen LogP contribution in [0, 0.1) is 17.2 Å². The number of hydrogen-bond acceptors (Lipinski definition) is 3. The van der Waals surface area contributed by atoms with E-state index in [2.05, 4.69) is 11.4 Å². The number of rotatable bonds is 6. The highest BCUT2D eigenvalue weighted by atomic mass is 16.5. The van der Waals surface area contributed by atoms with Gasteiger partial charge in [-0.25, -0.2) is 0 Å². The van der Waals surface area contributed by atoms with Crippen LogP contribution in [0.15, 0.2) is 48.5 Å². The number of carbonyl (C=O) groups excluding carboxylic acids is 1. The van der Waals surface area contributed by atoms with Crippen molar-refractivity contribution < 1.29 is 9.53 Å². The van der Waals surface area contributed by atoms with Gasteiger partial charge >= 0.3 is 0 Å². The van der Waals surface area contributed by atoms with E-state index in [-0.39, 0.29) is 18.6 Å². The van der Waals surface area contributed by atoms with Crippen LogP contribution in [0.2, 0.25) is 0 Å². The Morgan fingerprint density at radius 3 is 2.29 bits per heavy atom. The molecule has 1 amide bonds. The maximum absolute atomic E-state index is 11.8. The van der Waals surface area contributed by atoms with Crippen LogP contribution in [-0.2, 0) is 4.79 Å². The third-order valence-corrected chi connectivity index (χ3v) is 4.29. The van der Waals surface area contributed by atoms with Crippen molar-refractivity contribution in [1.82, 2.24) is 5.32 Å². The van der Waals surface area contributed by atoms with Crippen LogP contribution in [0.25, 0.3) is 11.1 Å². The molecular formula is C20H20N2O2. The Morgan fingerprint density at radius 2 is 1.75 bits per heavy atom. The lowest BCUT2D eigenvalue weighted by Gasteiger charge is -2.13. The molecule has 1 fully saturated rings. The maximum Gasteiger partial charge on any atom is 0.258 e. The van der Waals surface area contributed by atoms with Crippen molar-refractivity contribution >= 4 is 5.91 Å². The Balaban J connectivity index is 1.54. The minimum absolute atomic E-state index is 0.0350. The minimum atomic E-state index is -0.0782. The van der Waals surface area contributed by atoms with Crippen LogP contribution >= 0.6 is 0 Å². The summed E-state index contributed by atoms with van der Waals surface area (Å²) in [5.41, 5.74) is 2.72. The van der Waals surface area contributed by atoms with Gasteiger partial charge in [-0.2, -0.15) is 5.26 Å². The normalized spacial score (nSPS) is 14.5. The number of nitriles is 1. The molecule has 122 valence electrons. The fourth-order valence-corrected chi connectivity index (χ4v) is 2.64. The highest BCUT2D eigenvalue weighted by Gasteiger charge is 2.28. The Labute approximate surface area is 142 Å². The lowest BCUT2D eigenvalue weighted by Crippen LogP contribution is -2.37. The van der Waals surface area contributed by atoms with Gasteiger partial charge in [-0.3, -0.25) is 4.79 Å². The molecule has 4 nitrogen and oxygen atoms in total. The monoisotopic (exact) mass is 320 g/mol. The van der Waals surface area contributed by atoms with E-state index in [1.54, 1.807) is 12.1 Å². The van der Waals surface area contributed by atoms with Crippen molar-refractivity contribution in [2.75, 3.05) is 6.61 Å². The summed E-state index contributed by atoms with van der Waals surface area (Å²) >= 11 is 0. The standard InChI is InChI=1S/C20H20N2O2/c1-14(16-6-7-16)22-20(23)13-24-19-10-8-18(9-11-19)17-4-2-15(12-21)3-5-17/h2-5,8-11,14,16H,6-7,13H2,1H3,(H,22,23)/t14-/m1/s1. The number of hydrogen-bond donors (Lipinski definition) is 1. The van der Waals surface area contributed by atoms with Crippen molar-refractivity contribution in [3.63, 3.8) is 0 Å². The Morgan fingerprint density at radius 1 is 1.17 bits per heavy atom. The average Bonchev–Trinajstić information content (AvgIpc) is 3.46. The number of nitrogens with one attached hydrogen (secondary N) is 1. The van der Waals surface area contributed by atoms with Crippen molar-refractivity contribution in [2.45, 2.75) is 25.8 Å². The zero-order valence-corrected chi connectivity index (χ0v) is 13.7. The van der Waals surface area contributed by atoms with E-state index in [0.717, 1.165) is 11.1 Å². The molecule has 0 saturated heterocycles. The lowest BCUT2D eigenvalue weighted by atomic mass is 10.0. The molecule has 2 aromatic rings. The first kappa shape index (κ1) is 16.1. The molecule has 0 aromatic heterocycles. The predicted octanol–water partition coefficient (Wildman–Crippen LogP) is 3.52. The van der Waals surface area contributed by atoms with Gasteiger partial charge in [0, 0.05) is 6.04 Å². The molecule has 0 bridgehead atoms. The second-order valence-corrected chi connectivity index (χ2v) is 6.20. The number of benzene rings is 2. The number of amides is 1. The van der Waals surface area contributed by atoms with Gasteiger partial charge in [-0.1, -0.05) is 24.3 Å². The Hall–Kier alpha value is -2.80. The van der Waals surface area contributed by atoms with Crippen molar-refractivity contribution in [2.24, 2.45) is 5.92 Å². The van der Waals surface area contributed by atoms with Gasteiger partial charge in [0.25, 0.3) is 5.91 Å². The summed E-state index contributed by atoms with van der Waals surface area (Å²) in [5, 5.41) is 11.8. The summed E-state index contributed by atoms with van der Waals surface area (Å²) in [7, 11) is 0. The van der Waals surface area contributed by atoms with Crippen LogP contribution < -0.4 is 10.1 Å². The fourth-order valence-electron chi connectivity index (χ4n) is 2.64. The lowest BCUT2D eigenvalue weighted by molar-refractivity contribution is -0.123. The zero-order valence-electron chi connectivity index (χ0n) is 13.7. The summed E-state index contributed by atoms with van der Waals surface area (Å²) < 4.78 is 5.54. The van der Waals surface area contributed by atoms with Crippen LogP contribution in [0.1, 0.15) is 25.3 Å². The summed E-state index contributed by atoms with van der Waals surface area (Å²) in [6.45, 7) is 2.08. The van der Waals surface area contributed by atoms with E-state index >= 15 is 0 Å². The van der Waals surface area contributed by atoms with E-state index in [1.807, 2.05) is 43.3 Å². The van der Waals surface area contributed by atoms with Gasteiger partial charge in [0.05, 0.1) is 11.6 Å². The third-order valence-electron chi connectivity index (χ3n) is 4.29. The number of carbonyl (C=O) groups is 1. The van der Waals surface area contributed by atoms with Gasteiger partial charge in [0.2, 0.25) is 0 Å². The third kappa shape index (κ3) is 4.14. The second kappa shape index (κ2) is 7.18. The zero-order chi connectivity index (χ0) is 16.9. The highest BCUT2D eigenvalue weighted by molar-refractivity contribution is 5.78. The SMILES string of the molecule is C[C@@H](NC(=O)COc1ccc(-c2ccc(C#N)cc2)cc1)C1CC1. The number of nitrogens with zero attached hydrogens (tertiary/aromatic N) is 1. The van der Waals surface area contributed by atoms with Gasteiger partial charge in [0.15, 0.2) is 6.61 Å². The van der Waals surface area contributed by atoms with E-state index in [0.29, 0.717) is 17.2 Å². The van der Waals surface area contributed by atoms with Crippen LogP contribution in [0.4, 0.5) is 0 Å². The van der Waals surface area contributed by atoms with Gasteiger partial charge in [0.1, 0.15) is 5.75 Å². The first-order chi connectivity index (χ1) is 11.7. The van der Waals surface area contributed by atoms with Crippen LogP contribution in [-0.4, -0.2) is 18.6 Å². The topological polar surface area (TPSA) is 62.1 Å². The summed E-state index contributed by atoms with van der Waals surface area (Å²) in [6.07, 6.45) is 2.41. The smallest absolute Gasteiger partial charge is 0.258 e. The molecule has 1 saturated carbocycles. The highest BCUT2D eigenvalue weighted by Crippen LogP contribution is 2.32. The Kier molecular flexibility index (Phi) is 4.81. The van der Waals surface area contributed by atoms with Crippen LogP contribution in [0.5, 0.6) is 5.75 Å². The van der Waals surface area contributed by atoms with Crippen molar-refractivity contribution in [3.8, 4) is 22.9 Å². The number of ether oxygens (including phenoxy) is 1. The largest absolute Gasteiger partial charge is 0.484 e. The fraction of sp³-hybridized carbons (Fsp3) is 0.300. The minimum Gasteiger partial charge on any atom is -0.484 e. The molecule has 1 aliphatic carbocycles. The first-order valence-electron chi connectivity index (χ1n) is 8.18. The molecule has 4 heteroatoms.